The SMILES string of the molecule is CCC(NCC(=O)Nc1cccc(C)c1C)c1ccccc1. The number of hydrogen-bond acceptors (Lipinski definition) is 2. The molecule has 0 aliphatic heterocycles. The van der Waals surface area contributed by atoms with E-state index in [2.05, 4.69) is 29.7 Å². The van der Waals surface area contributed by atoms with E-state index >= 15 is 0 Å². The van der Waals surface area contributed by atoms with Gasteiger partial charge in [0, 0.05) is 11.7 Å². The van der Waals surface area contributed by atoms with Crippen molar-refractivity contribution < 1.29 is 4.79 Å². The third kappa shape index (κ3) is 4.18. The average molecular weight is 296 g/mol. The number of aryl methyl sites for hydroxylation is 1. The second-order valence-electron chi connectivity index (χ2n) is 5.55. The second kappa shape index (κ2) is 7.76. The zero-order valence-corrected chi connectivity index (χ0v) is 13.5. The van der Waals surface area contributed by atoms with Gasteiger partial charge < -0.3 is 10.6 Å². The minimum atomic E-state index is -0.0110. The first kappa shape index (κ1) is 16.2. The van der Waals surface area contributed by atoms with Crippen LogP contribution in [-0.2, 0) is 4.79 Å². The Morgan fingerprint density at radius 3 is 2.45 bits per heavy atom. The van der Waals surface area contributed by atoms with Gasteiger partial charge >= 0.3 is 0 Å². The molecule has 0 aliphatic rings. The van der Waals surface area contributed by atoms with Crippen LogP contribution < -0.4 is 10.6 Å². The number of amides is 1. The van der Waals surface area contributed by atoms with E-state index in [1.165, 1.54) is 11.1 Å². The van der Waals surface area contributed by atoms with E-state index in [0.29, 0.717) is 6.54 Å². The van der Waals surface area contributed by atoms with Crippen LogP contribution in [-0.4, -0.2) is 12.5 Å². The summed E-state index contributed by atoms with van der Waals surface area (Å²) >= 11 is 0. The molecule has 0 saturated carbocycles. The Morgan fingerprint density at radius 1 is 1.05 bits per heavy atom. The lowest BCUT2D eigenvalue weighted by atomic mass is 10.0. The number of anilines is 1. The van der Waals surface area contributed by atoms with Crippen molar-refractivity contribution in [2.75, 3.05) is 11.9 Å². The largest absolute Gasteiger partial charge is 0.325 e. The van der Waals surface area contributed by atoms with E-state index in [0.717, 1.165) is 17.7 Å². The standard InChI is InChI=1S/C19H24N2O/c1-4-17(16-10-6-5-7-11-16)20-13-19(22)21-18-12-8-9-14(2)15(18)3/h5-12,17,20H,4,13H2,1-3H3,(H,21,22). The summed E-state index contributed by atoms with van der Waals surface area (Å²) in [5.41, 5.74) is 4.40. The number of rotatable bonds is 6. The highest BCUT2D eigenvalue weighted by Gasteiger charge is 2.11. The van der Waals surface area contributed by atoms with Crippen LogP contribution in [0, 0.1) is 13.8 Å². The van der Waals surface area contributed by atoms with Crippen LogP contribution in [0.2, 0.25) is 0 Å². The minimum Gasteiger partial charge on any atom is -0.325 e. The first-order valence-corrected chi connectivity index (χ1v) is 7.76. The maximum absolute atomic E-state index is 12.2. The fourth-order valence-corrected chi connectivity index (χ4v) is 2.48. The Labute approximate surface area is 132 Å². The first-order chi connectivity index (χ1) is 10.6. The fourth-order valence-electron chi connectivity index (χ4n) is 2.48. The third-order valence-electron chi connectivity index (χ3n) is 4.00. The predicted octanol–water partition coefficient (Wildman–Crippen LogP) is 3.98. The van der Waals surface area contributed by atoms with Gasteiger partial charge in [0.05, 0.1) is 6.54 Å². The highest BCUT2D eigenvalue weighted by atomic mass is 16.1. The summed E-state index contributed by atoms with van der Waals surface area (Å²) in [5, 5.41) is 6.31. The molecule has 0 fully saturated rings. The molecule has 2 aromatic rings. The van der Waals surface area contributed by atoms with Crippen LogP contribution in [0.4, 0.5) is 5.69 Å². The van der Waals surface area contributed by atoms with Crippen molar-refractivity contribution in [3.05, 3.63) is 65.2 Å². The molecule has 1 amide bonds. The van der Waals surface area contributed by atoms with E-state index in [-0.39, 0.29) is 11.9 Å². The van der Waals surface area contributed by atoms with Gasteiger partial charge in [-0.05, 0) is 43.0 Å². The molecule has 2 N–H and O–H groups in total. The molecule has 22 heavy (non-hydrogen) atoms. The van der Waals surface area contributed by atoms with Gasteiger partial charge in [0.25, 0.3) is 0 Å². The highest BCUT2D eigenvalue weighted by Crippen LogP contribution is 2.18. The smallest absolute Gasteiger partial charge is 0.238 e. The van der Waals surface area contributed by atoms with Crippen LogP contribution in [0.15, 0.2) is 48.5 Å². The molecule has 3 heteroatoms. The van der Waals surface area contributed by atoms with Gasteiger partial charge in [0.1, 0.15) is 0 Å². The molecular formula is C19H24N2O. The summed E-state index contributed by atoms with van der Waals surface area (Å²) in [6, 6.07) is 16.4. The van der Waals surface area contributed by atoms with Crippen LogP contribution in [0.25, 0.3) is 0 Å². The van der Waals surface area contributed by atoms with Crippen LogP contribution in [0.1, 0.15) is 36.1 Å². The van der Waals surface area contributed by atoms with Gasteiger partial charge in [-0.3, -0.25) is 4.79 Å². The quantitative estimate of drug-likeness (QED) is 0.846. The van der Waals surface area contributed by atoms with Gasteiger partial charge in [0.15, 0.2) is 0 Å². The third-order valence-corrected chi connectivity index (χ3v) is 4.00. The van der Waals surface area contributed by atoms with Crippen LogP contribution in [0.5, 0.6) is 0 Å². The average Bonchev–Trinajstić information content (AvgIpc) is 2.53. The summed E-state index contributed by atoms with van der Waals surface area (Å²) in [6.07, 6.45) is 0.945. The number of carbonyl (C=O) groups excluding carboxylic acids is 1. The van der Waals surface area contributed by atoms with Gasteiger partial charge in [-0.15, -0.1) is 0 Å². The molecule has 0 saturated heterocycles. The lowest BCUT2D eigenvalue weighted by molar-refractivity contribution is -0.115. The topological polar surface area (TPSA) is 41.1 Å². The van der Waals surface area contributed by atoms with Crippen molar-refractivity contribution in [1.29, 1.82) is 0 Å². The lowest BCUT2D eigenvalue weighted by Crippen LogP contribution is -2.31. The molecule has 116 valence electrons. The van der Waals surface area contributed by atoms with Gasteiger partial charge in [-0.2, -0.15) is 0 Å². The Bertz CT molecular complexity index is 623. The highest BCUT2D eigenvalue weighted by molar-refractivity contribution is 5.93. The monoisotopic (exact) mass is 296 g/mol. The number of benzene rings is 2. The van der Waals surface area contributed by atoms with Gasteiger partial charge in [-0.1, -0.05) is 49.4 Å². The Morgan fingerprint density at radius 2 is 1.77 bits per heavy atom. The molecule has 0 radical (unpaired) electrons. The Hall–Kier alpha value is -2.13. The summed E-state index contributed by atoms with van der Waals surface area (Å²) in [4.78, 5) is 12.2. The van der Waals surface area contributed by atoms with E-state index in [9.17, 15) is 4.79 Å². The molecule has 0 aromatic heterocycles. The number of carbonyl (C=O) groups is 1. The number of nitrogens with one attached hydrogen (secondary N) is 2. The van der Waals surface area contributed by atoms with Crippen molar-refractivity contribution >= 4 is 11.6 Å². The predicted molar refractivity (Wildman–Crippen MR) is 92.0 cm³/mol. The molecule has 1 atom stereocenters. The minimum absolute atomic E-state index is 0.0110. The molecule has 2 rings (SSSR count). The van der Waals surface area contributed by atoms with Crippen LogP contribution >= 0.6 is 0 Å². The Balaban J connectivity index is 1.93. The Kier molecular flexibility index (Phi) is 5.73. The molecular weight excluding hydrogens is 272 g/mol. The summed E-state index contributed by atoms with van der Waals surface area (Å²) in [5.74, 6) is -0.0110. The lowest BCUT2D eigenvalue weighted by Gasteiger charge is -2.17. The summed E-state index contributed by atoms with van der Waals surface area (Å²) in [6.45, 7) is 6.50. The second-order valence-corrected chi connectivity index (χ2v) is 5.55. The zero-order valence-electron chi connectivity index (χ0n) is 13.5. The first-order valence-electron chi connectivity index (χ1n) is 7.76. The molecule has 0 bridgehead atoms. The summed E-state index contributed by atoms with van der Waals surface area (Å²) in [7, 11) is 0. The van der Waals surface area contributed by atoms with Gasteiger partial charge in [-0.25, -0.2) is 0 Å². The number of hydrogen-bond donors (Lipinski definition) is 2. The summed E-state index contributed by atoms with van der Waals surface area (Å²) < 4.78 is 0. The molecule has 0 heterocycles. The van der Waals surface area contributed by atoms with Gasteiger partial charge in [0.2, 0.25) is 5.91 Å². The van der Waals surface area contributed by atoms with E-state index in [1.807, 2.05) is 50.2 Å². The molecule has 0 spiro atoms. The van der Waals surface area contributed by atoms with E-state index in [1.54, 1.807) is 0 Å². The van der Waals surface area contributed by atoms with Crippen molar-refractivity contribution in [3.8, 4) is 0 Å². The molecule has 2 aromatic carbocycles. The maximum Gasteiger partial charge on any atom is 0.238 e. The van der Waals surface area contributed by atoms with Crippen molar-refractivity contribution in [1.82, 2.24) is 5.32 Å². The maximum atomic E-state index is 12.2. The van der Waals surface area contributed by atoms with Crippen molar-refractivity contribution in [2.45, 2.75) is 33.2 Å². The zero-order chi connectivity index (χ0) is 15.9. The van der Waals surface area contributed by atoms with Crippen molar-refractivity contribution in [2.24, 2.45) is 0 Å². The van der Waals surface area contributed by atoms with E-state index < -0.39 is 0 Å². The normalized spacial score (nSPS) is 12.0. The molecule has 1 unspecified atom stereocenters. The molecule has 0 aliphatic carbocycles. The van der Waals surface area contributed by atoms with Crippen LogP contribution in [0.3, 0.4) is 0 Å². The van der Waals surface area contributed by atoms with E-state index in [4.69, 9.17) is 0 Å². The molecule has 3 nitrogen and oxygen atoms in total. The fraction of sp³-hybridized carbons (Fsp3) is 0.316. The van der Waals surface area contributed by atoms with Crippen molar-refractivity contribution in [3.63, 3.8) is 0 Å².